The van der Waals surface area contributed by atoms with Gasteiger partial charge in [0.05, 0.1) is 6.61 Å². The highest BCUT2D eigenvalue weighted by atomic mass is 16.5. The van der Waals surface area contributed by atoms with Crippen LogP contribution in [-0.4, -0.2) is 59.8 Å². The summed E-state index contributed by atoms with van der Waals surface area (Å²) in [6.45, 7) is 2.21. The molecule has 2 heterocycles. The van der Waals surface area contributed by atoms with Crippen LogP contribution in [0.2, 0.25) is 0 Å². The number of ether oxygens (including phenoxy) is 1. The van der Waals surface area contributed by atoms with Crippen LogP contribution in [0.4, 0.5) is 4.79 Å². The van der Waals surface area contributed by atoms with Gasteiger partial charge in [0.15, 0.2) is 5.82 Å². The van der Waals surface area contributed by atoms with Crippen molar-refractivity contribution in [2.45, 2.75) is 57.4 Å². The van der Waals surface area contributed by atoms with Gasteiger partial charge in [0.1, 0.15) is 6.04 Å². The summed E-state index contributed by atoms with van der Waals surface area (Å²) in [4.78, 5) is 20.3. The van der Waals surface area contributed by atoms with Crippen molar-refractivity contribution in [1.29, 1.82) is 0 Å². The van der Waals surface area contributed by atoms with E-state index in [0.29, 0.717) is 24.7 Å². The molecule has 0 spiro atoms. The summed E-state index contributed by atoms with van der Waals surface area (Å²) in [5.41, 5.74) is 0. The number of aromatic nitrogens is 2. The normalized spacial score (nSPS) is 21.7. The van der Waals surface area contributed by atoms with Gasteiger partial charge in [0.2, 0.25) is 5.89 Å². The summed E-state index contributed by atoms with van der Waals surface area (Å²) in [7, 11) is 3.55. The Bertz CT molecular complexity index is 554. The van der Waals surface area contributed by atoms with E-state index < -0.39 is 0 Å². The molecule has 2 fully saturated rings. The predicted molar refractivity (Wildman–Crippen MR) is 93.2 cm³/mol. The molecular formula is C18H30N4O3. The van der Waals surface area contributed by atoms with Gasteiger partial charge in [-0.2, -0.15) is 4.98 Å². The molecule has 0 aromatic carbocycles. The lowest BCUT2D eigenvalue weighted by atomic mass is 10.0. The number of carbonyl (C=O) groups is 1. The molecule has 1 saturated heterocycles. The van der Waals surface area contributed by atoms with E-state index in [1.807, 2.05) is 4.90 Å². The van der Waals surface area contributed by atoms with Crippen LogP contribution in [0.3, 0.4) is 0 Å². The third-order valence-electron chi connectivity index (χ3n) is 5.20. The molecule has 7 heteroatoms. The summed E-state index contributed by atoms with van der Waals surface area (Å²) < 4.78 is 11.2. The smallest absolute Gasteiger partial charge is 0.320 e. The van der Waals surface area contributed by atoms with Crippen LogP contribution in [0, 0.1) is 5.92 Å². The second kappa shape index (κ2) is 8.65. The molecule has 0 N–H and O–H groups in total. The Morgan fingerprint density at radius 1 is 1.24 bits per heavy atom. The van der Waals surface area contributed by atoms with Crippen LogP contribution < -0.4 is 0 Å². The van der Waals surface area contributed by atoms with Crippen LogP contribution >= 0.6 is 0 Å². The fraction of sp³-hybridized carbons (Fsp3) is 0.833. The standard InChI is InChI=1S/C18H30N4O3/c1-21(2)18(23)22-11-6-5-9-15(22)17-19-16(20-25-17)10-12-24-13-14-7-3-4-8-14/h14-15H,3-13H2,1-2H3. The minimum Gasteiger partial charge on any atom is -0.381 e. The maximum Gasteiger partial charge on any atom is 0.320 e. The van der Waals surface area contributed by atoms with E-state index in [1.54, 1.807) is 19.0 Å². The number of likely N-dealkylation sites (tertiary alicyclic amines) is 1. The zero-order chi connectivity index (χ0) is 17.6. The summed E-state index contributed by atoms with van der Waals surface area (Å²) in [5.74, 6) is 1.96. The molecule has 1 saturated carbocycles. The van der Waals surface area contributed by atoms with Gasteiger partial charge in [-0.05, 0) is 38.0 Å². The lowest BCUT2D eigenvalue weighted by molar-refractivity contribution is 0.102. The van der Waals surface area contributed by atoms with E-state index in [9.17, 15) is 4.79 Å². The molecule has 3 rings (SSSR count). The molecule has 1 atom stereocenters. The van der Waals surface area contributed by atoms with Gasteiger partial charge in [0.25, 0.3) is 0 Å². The highest BCUT2D eigenvalue weighted by Crippen LogP contribution is 2.30. The third kappa shape index (κ3) is 4.71. The van der Waals surface area contributed by atoms with Crippen molar-refractivity contribution in [2.24, 2.45) is 5.92 Å². The van der Waals surface area contributed by atoms with Crippen LogP contribution in [0.25, 0.3) is 0 Å². The van der Waals surface area contributed by atoms with Gasteiger partial charge in [-0.3, -0.25) is 0 Å². The largest absolute Gasteiger partial charge is 0.381 e. The minimum absolute atomic E-state index is 0.00402. The minimum atomic E-state index is -0.107. The lowest BCUT2D eigenvalue weighted by Gasteiger charge is -2.35. The van der Waals surface area contributed by atoms with Crippen LogP contribution in [0.5, 0.6) is 0 Å². The monoisotopic (exact) mass is 350 g/mol. The average Bonchev–Trinajstić information content (AvgIpc) is 3.30. The Morgan fingerprint density at radius 3 is 2.76 bits per heavy atom. The molecule has 7 nitrogen and oxygen atoms in total. The van der Waals surface area contributed by atoms with E-state index in [-0.39, 0.29) is 12.1 Å². The summed E-state index contributed by atoms with van der Waals surface area (Å²) in [5, 5.41) is 4.08. The number of hydrogen-bond acceptors (Lipinski definition) is 5. The predicted octanol–water partition coefficient (Wildman–Crippen LogP) is 3.03. The molecule has 1 aromatic heterocycles. The Hall–Kier alpha value is -1.63. The molecular weight excluding hydrogens is 320 g/mol. The first-order chi connectivity index (χ1) is 12.1. The SMILES string of the molecule is CN(C)C(=O)N1CCCCC1c1nc(CCOCC2CCCC2)no1. The zero-order valence-corrected chi connectivity index (χ0v) is 15.4. The molecule has 0 radical (unpaired) electrons. The topological polar surface area (TPSA) is 71.7 Å². The first kappa shape index (κ1) is 18.2. The average molecular weight is 350 g/mol. The molecule has 140 valence electrons. The molecule has 1 unspecified atom stereocenters. The molecule has 2 aliphatic rings. The number of urea groups is 1. The zero-order valence-electron chi connectivity index (χ0n) is 15.4. The maximum atomic E-state index is 12.4. The van der Waals surface area contributed by atoms with Crippen molar-refractivity contribution in [3.63, 3.8) is 0 Å². The number of piperidine rings is 1. The first-order valence-electron chi connectivity index (χ1n) is 9.53. The molecule has 2 amide bonds. The first-order valence-corrected chi connectivity index (χ1v) is 9.53. The van der Waals surface area contributed by atoms with Gasteiger partial charge in [-0.1, -0.05) is 18.0 Å². The molecule has 0 bridgehead atoms. The van der Waals surface area contributed by atoms with E-state index in [2.05, 4.69) is 10.1 Å². The van der Waals surface area contributed by atoms with Crippen molar-refractivity contribution in [3.05, 3.63) is 11.7 Å². The fourth-order valence-electron chi connectivity index (χ4n) is 3.77. The van der Waals surface area contributed by atoms with Gasteiger partial charge in [-0.15, -0.1) is 0 Å². The van der Waals surface area contributed by atoms with Gasteiger partial charge < -0.3 is 19.1 Å². The van der Waals surface area contributed by atoms with Gasteiger partial charge >= 0.3 is 6.03 Å². The maximum absolute atomic E-state index is 12.4. The Kier molecular flexibility index (Phi) is 6.29. The van der Waals surface area contributed by atoms with Crippen molar-refractivity contribution >= 4 is 6.03 Å². The summed E-state index contributed by atoms with van der Waals surface area (Å²) >= 11 is 0. The fourth-order valence-corrected chi connectivity index (χ4v) is 3.77. The number of rotatable bonds is 6. The van der Waals surface area contributed by atoms with Crippen LogP contribution in [0.1, 0.15) is 62.7 Å². The van der Waals surface area contributed by atoms with Crippen molar-refractivity contribution < 1.29 is 14.1 Å². The Labute approximate surface area is 149 Å². The van der Waals surface area contributed by atoms with Gasteiger partial charge in [0, 0.05) is 33.7 Å². The number of amides is 2. The molecule has 25 heavy (non-hydrogen) atoms. The van der Waals surface area contributed by atoms with E-state index in [4.69, 9.17) is 9.26 Å². The second-order valence-electron chi connectivity index (χ2n) is 7.41. The molecule has 1 aliphatic heterocycles. The van der Waals surface area contributed by atoms with Crippen LogP contribution in [0.15, 0.2) is 4.52 Å². The molecule has 1 aromatic rings. The summed E-state index contributed by atoms with van der Waals surface area (Å²) in [6, 6.07) is -0.103. The highest BCUT2D eigenvalue weighted by Gasteiger charge is 2.32. The number of nitrogens with zero attached hydrogens (tertiary/aromatic N) is 4. The highest BCUT2D eigenvalue weighted by molar-refractivity contribution is 5.74. The van der Waals surface area contributed by atoms with Gasteiger partial charge in [-0.25, -0.2) is 4.79 Å². The quantitative estimate of drug-likeness (QED) is 0.738. The number of carbonyl (C=O) groups excluding carboxylic acids is 1. The Balaban J connectivity index is 1.51. The van der Waals surface area contributed by atoms with E-state index in [1.165, 1.54) is 25.7 Å². The van der Waals surface area contributed by atoms with E-state index >= 15 is 0 Å². The van der Waals surface area contributed by atoms with Crippen molar-refractivity contribution in [2.75, 3.05) is 33.9 Å². The van der Waals surface area contributed by atoms with Crippen molar-refractivity contribution in [3.8, 4) is 0 Å². The molecule has 1 aliphatic carbocycles. The Morgan fingerprint density at radius 2 is 2.00 bits per heavy atom. The summed E-state index contributed by atoms with van der Waals surface area (Å²) in [6.07, 6.45) is 8.89. The third-order valence-corrected chi connectivity index (χ3v) is 5.20. The number of hydrogen-bond donors (Lipinski definition) is 0. The second-order valence-corrected chi connectivity index (χ2v) is 7.41. The van der Waals surface area contributed by atoms with E-state index in [0.717, 1.165) is 38.3 Å². The lowest BCUT2D eigenvalue weighted by Crippen LogP contribution is -2.44. The van der Waals surface area contributed by atoms with Crippen molar-refractivity contribution in [1.82, 2.24) is 19.9 Å². The van der Waals surface area contributed by atoms with Crippen LogP contribution in [-0.2, 0) is 11.2 Å².